The van der Waals surface area contributed by atoms with E-state index < -0.39 is 9.84 Å². The van der Waals surface area contributed by atoms with Crippen molar-refractivity contribution in [3.05, 3.63) is 60.7 Å². The van der Waals surface area contributed by atoms with Crippen LogP contribution in [0.4, 0.5) is 0 Å². The van der Waals surface area contributed by atoms with E-state index in [1.807, 2.05) is 0 Å². The first kappa shape index (κ1) is 16.9. The lowest BCUT2D eigenvalue weighted by Gasteiger charge is -2.03. The molecule has 0 amide bonds. The Morgan fingerprint density at radius 1 is 0.684 bits per heavy atom. The highest BCUT2D eigenvalue weighted by molar-refractivity contribution is 9.38. The van der Waals surface area contributed by atoms with Gasteiger partial charge in [0.25, 0.3) is 0 Å². The predicted molar refractivity (Wildman–Crippen MR) is 88.9 cm³/mol. The fraction of sp³-hybridized carbons (Fsp3) is 0.0769. The molecule has 102 valence electrons. The van der Waals surface area contributed by atoms with Gasteiger partial charge in [0.05, 0.1) is 9.79 Å². The lowest BCUT2D eigenvalue weighted by Crippen LogP contribution is -2.00. The van der Waals surface area contributed by atoms with Gasteiger partial charge in [-0.2, -0.15) is 0 Å². The zero-order valence-corrected chi connectivity index (χ0v) is 15.3. The van der Waals surface area contributed by atoms with Crippen LogP contribution in [0.3, 0.4) is 0 Å². The molecule has 0 saturated heterocycles. The van der Waals surface area contributed by atoms with Crippen LogP contribution in [0, 0.1) is 0 Å². The molecular weight excluding hydrogens is 460 g/mol. The minimum absolute atomic E-state index is 0.271. The summed E-state index contributed by atoms with van der Waals surface area (Å²) in [5.74, 6) is 0. The first-order chi connectivity index (χ1) is 8.94. The Bertz CT molecular complexity index is 536. The van der Waals surface area contributed by atoms with Crippen molar-refractivity contribution in [2.24, 2.45) is 0 Å². The third kappa shape index (κ3) is 5.77. The Hall–Kier alpha value is -0.170. The van der Waals surface area contributed by atoms with Crippen molar-refractivity contribution in [2.45, 2.75) is 12.4 Å². The van der Waals surface area contributed by atoms with E-state index in [9.17, 15) is 8.42 Å². The van der Waals surface area contributed by atoms with Crippen LogP contribution in [-0.4, -0.2) is 11.1 Å². The van der Waals surface area contributed by atoms with Gasteiger partial charge >= 0.3 is 0 Å². The Balaban J connectivity index is 0.000000399. The molecule has 0 saturated carbocycles. The molecular formula is C13H11Br3O2S. The van der Waals surface area contributed by atoms with E-state index in [0.29, 0.717) is 9.79 Å². The zero-order valence-electron chi connectivity index (χ0n) is 9.71. The van der Waals surface area contributed by atoms with Gasteiger partial charge in [-0.3, -0.25) is 0 Å². The van der Waals surface area contributed by atoms with Crippen molar-refractivity contribution in [1.82, 2.24) is 0 Å². The molecule has 0 heterocycles. The first-order valence-corrected chi connectivity index (χ1v) is 9.45. The van der Waals surface area contributed by atoms with E-state index in [-0.39, 0.29) is 2.65 Å². The van der Waals surface area contributed by atoms with Crippen LogP contribution >= 0.6 is 47.8 Å². The molecule has 0 aliphatic rings. The molecule has 0 aromatic heterocycles. The van der Waals surface area contributed by atoms with Gasteiger partial charge in [-0.05, 0) is 24.3 Å². The normalized spacial score (nSPS) is 10.7. The van der Waals surface area contributed by atoms with Crippen LogP contribution in [0.1, 0.15) is 0 Å². The average Bonchev–Trinajstić information content (AvgIpc) is 2.40. The molecule has 0 aliphatic carbocycles. The Morgan fingerprint density at radius 2 is 0.947 bits per heavy atom. The summed E-state index contributed by atoms with van der Waals surface area (Å²) < 4.78 is 24.3. The number of alkyl halides is 3. The summed E-state index contributed by atoms with van der Waals surface area (Å²) in [6.45, 7) is 0. The molecule has 0 N–H and O–H groups in total. The number of rotatable bonds is 2. The molecule has 2 aromatic carbocycles. The predicted octanol–water partition coefficient (Wildman–Crippen LogP) is 4.97. The molecule has 19 heavy (non-hydrogen) atoms. The SMILES string of the molecule is BrC(Br)Br.O=S(=O)(c1ccccc1)c1ccccc1. The lowest BCUT2D eigenvalue weighted by atomic mass is 10.4. The van der Waals surface area contributed by atoms with Crippen LogP contribution in [-0.2, 0) is 9.84 Å². The van der Waals surface area contributed by atoms with Crippen molar-refractivity contribution >= 4 is 57.6 Å². The van der Waals surface area contributed by atoms with Crippen molar-refractivity contribution in [1.29, 1.82) is 0 Å². The van der Waals surface area contributed by atoms with Gasteiger partial charge in [-0.25, -0.2) is 8.42 Å². The highest BCUT2D eigenvalue weighted by Gasteiger charge is 2.15. The second-order valence-electron chi connectivity index (χ2n) is 3.38. The van der Waals surface area contributed by atoms with Crippen molar-refractivity contribution in [3.8, 4) is 0 Å². The maximum absolute atomic E-state index is 12.0. The number of hydrogen-bond donors (Lipinski definition) is 0. The van der Waals surface area contributed by atoms with Crippen molar-refractivity contribution in [3.63, 3.8) is 0 Å². The van der Waals surface area contributed by atoms with Gasteiger partial charge in [-0.1, -0.05) is 84.2 Å². The van der Waals surface area contributed by atoms with Gasteiger partial charge in [0.1, 0.15) is 2.65 Å². The standard InChI is InChI=1S/C12H10O2S.CHBr3/c13-15(14,11-7-3-1-4-8-11)12-9-5-2-6-10-12;2-1(3)4/h1-10H;1H. The molecule has 2 rings (SSSR count). The molecule has 0 fully saturated rings. The molecule has 6 heteroatoms. The summed E-state index contributed by atoms with van der Waals surface area (Å²) in [5, 5.41) is 0. The van der Waals surface area contributed by atoms with E-state index in [2.05, 4.69) is 47.8 Å². The van der Waals surface area contributed by atoms with Crippen LogP contribution in [0.15, 0.2) is 70.5 Å². The Morgan fingerprint density at radius 3 is 1.21 bits per heavy atom. The largest absolute Gasteiger partial charge is 0.219 e. The van der Waals surface area contributed by atoms with Crippen LogP contribution in [0.2, 0.25) is 0 Å². The number of hydrogen-bond acceptors (Lipinski definition) is 2. The molecule has 2 aromatic rings. The zero-order chi connectivity index (χ0) is 14.3. The summed E-state index contributed by atoms with van der Waals surface area (Å²) >= 11 is 9.31. The van der Waals surface area contributed by atoms with Crippen molar-refractivity contribution < 1.29 is 8.42 Å². The average molecular weight is 471 g/mol. The van der Waals surface area contributed by atoms with E-state index in [0.717, 1.165) is 0 Å². The molecule has 2 nitrogen and oxygen atoms in total. The fourth-order valence-electron chi connectivity index (χ4n) is 1.34. The molecule has 0 aliphatic heterocycles. The van der Waals surface area contributed by atoms with E-state index in [1.165, 1.54) is 0 Å². The topological polar surface area (TPSA) is 34.1 Å². The van der Waals surface area contributed by atoms with Gasteiger partial charge < -0.3 is 0 Å². The van der Waals surface area contributed by atoms with Crippen molar-refractivity contribution in [2.75, 3.05) is 0 Å². The molecule has 0 radical (unpaired) electrons. The third-order valence-corrected chi connectivity index (χ3v) is 3.89. The second-order valence-corrected chi connectivity index (χ2v) is 11.8. The summed E-state index contributed by atoms with van der Waals surface area (Å²) in [7, 11) is -3.34. The first-order valence-electron chi connectivity index (χ1n) is 5.22. The third-order valence-electron chi connectivity index (χ3n) is 2.11. The van der Waals surface area contributed by atoms with Gasteiger partial charge in [0.15, 0.2) is 0 Å². The Labute approximate surface area is 138 Å². The minimum Gasteiger partial charge on any atom is -0.219 e. The molecule has 0 spiro atoms. The second kappa shape index (κ2) is 8.19. The van der Waals surface area contributed by atoms with E-state index in [4.69, 9.17) is 0 Å². The number of sulfone groups is 1. The van der Waals surface area contributed by atoms with Gasteiger partial charge in [-0.15, -0.1) is 0 Å². The molecule has 0 bridgehead atoms. The smallest absolute Gasteiger partial charge is 0.206 e. The summed E-state index contributed by atoms with van der Waals surface area (Å²) in [6, 6.07) is 16.9. The number of halogens is 3. The van der Waals surface area contributed by atoms with Crippen LogP contribution < -0.4 is 0 Å². The van der Waals surface area contributed by atoms with Gasteiger partial charge in [0, 0.05) is 0 Å². The van der Waals surface area contributed by atoms with Crippen LogP contribution in [0.5, 0.6) is 0 Å². The van der Waals surface area contributed by atoms with Crippen LogP contribution in [0.25, 0.3) is 0 Å². The minimum atomic E-state index is -3.34. The quantitative estimate of drug-likeness (QED) is 0.580. The summed E-state index contributed by atoms with van der Waals surface area (Å²) in [4.78, 5) is 0.660. The summed E-state index contributed by atoms with van der Waals surface area (Å²) in [5.41, 5.74) is 0. The van der Waals surface area contributed by atoms with E-state index in [1.54, 1.807) is 60.7 Å². The lowest BCUT2D eigenvalue weighted by molar-refractivity contribution is 0.596. The Kier molecular flexibility index (Phi) is 7.28. The monoisotopic (exact) mass is 468 g/mol. The van der Waals surface area contributed by atoms with Gasteiger partial charge in [0.2, 0.25) is 9.84 Å². The highest BCUT2D eigenvalue weighted by atomic mass is 80.0. The van der Waals surface area contributed by atoms with E-state index >= 15 is 0 Å². The highest BCUT2D eigenvalue weighted by Crippen LogP contribution is 2.19. The maximum Gasteiger partial charge on any atom is 0.206 e. The molecule has 0 atom stereocenters. The molecule has 0 unspecified atom stereocenters. The summed E-state index contributed by atoms with van der Waals surface area (Å²) in [6.07, 6.45) is 0. The number of benzene rings is 2. The fourth-order valence-corrected chi connectivity index (χ4v) is 2.64. The maximum atomic E-state index is 12.0.